The molecule has 1 fully saturated rings. The highest BCUT2D eigenvalue weighted by Gasteiger charge is 2.18. The predicted octanol–water partition coefficient (Wildman–Crippen LogP) is 0.591. The summed E-state index contributed by atoms with van der Waals surface area (Å²) in [5.41, 5.74) is 2.04. The molecule has 0 bridgehead atoms. The largest absolute Gasteiger partial charge is 0.316 e. The topological polar surface area (TPSA) is 55.1 Å². The van der Waals surface area contributed by atoms with Gasteiger partial charge in [-0.25, -0.2) is 0 Å². The summed E-state index contributed by atoms with van der Waals surface area (Å²) in [6, 6.07) is 6.07. The van der Waals surface area contributed by atoms with Gasteiger partial charge in [0.05, 0.1) is 5.69 Å². The smallest absolute Gasteiger partial charge is 0.179 e. The molecule has 2 aromatic heterocycles. The molecular formula is C10H13N5. The molecule has 2 aromatic rings. The van der Waals surface area contributed by atoms with Crippen LogP contribution in [-0.2, 0) is 0 Å². The van der Waals surface area contributed by atoms with Gasteiger partial charge in [-0.15, -0.1) is 5.10 Å². The van der Waals surface area contributed by atoms with E-state index in [4.69, 9.17) is 0 Å². The minimum Gasteiger partial charge on any atom is -0.316 e. The molecule has 1 aliphatic heterocycles. The monoisotopic (exact) mass is 203 g/mol. The molecule has 0 radical (unpaired) electrons. The maximum absolute atomic E-state index is 4.02. The highest BCUT2D eigenvalue weighted by atomic mass is 15.5. The van der Waals surface area contributed by atoms with Gasteiger partial charge in [0.2, 0.25) is 0 Å². The third-order valence-electron chi connectivity index (χ3n) is 2.97. The van der Waals surface area contributed by atoms with Crippen molar-refractivity contribution in [1.82, 2.24) is 25.4 Å². The molecule has 0 spiro atoms. The van der Waals surface area contributed by atoms with Gasteiger partial charge in [-0.2, -0.15) is 4.52 Å². The van der Waals surface area contributed by atoms with Crippen LogP contribution < -0.4 is 5.32 Å². The molecule has 0 aromatic carbocycles. The van der Waals surface area contributed by atoms with Crippen molar-refractivity contribution in [2.24, 2.45) is 0 Å². The molecule has 1 atom stereocenters. The summed E-state index contributed by atoms with van der Waals surface area (Å²) in [5.74, 6) is 0.533. The Morgan fingerprint density at radius 3 is 3.27 bits per heavy atom. The van der Waals surface area contributed by atoms with Crippen LogP contribution in [0.4, 0.5) is 0 Å². The van der Waals surface area contributed by atoms with Crippen molar-refractivity contribution in [3.05, 3.63) is 23.9 Å². The number of rotatable bonds is 1. The van der Waals surface area contributed by atoms with Crippen molar-refractivity contribution in [1.29, 1.82) is 0 Å². The van der Waals surface area contributed by atoms with E-state index in [2.05, 4.69) is 26.9 Å². The number of hydrogen-bond acceptors (Lipinski definition) is 4. The Balaban J connectivity index is 2.05. The Morgan fingerprint density at radius 1 is 1.40 bits per heavy atom. The number of piperidine rings is 1. The van der Waals surface area contributed by atoms with E-state index in [1.54, 1.807) is 0 Å². The fourth-order valence-corrected chi connectivity index (χ4v) is 2.20. The van der Waals surface area contributed by atoms with Crippen LogP contribution in [0.3, 0.4) is 0 Å². The third-order valence-corrected chi connectivity index (χ3v) is 2.97. The van der Waals surface area contributed by atoms with Crippen LogP contribution >= 0.6 is 0 Å². The molecule has 1 unspecified atom stereocenters. The number of fused-ring (bicyclic) bond motifs is 1. The molecular weight excluding hydrogens is 190 g/mol. The molecule has 0 saturated carbocycles. The molecule has 15 heavy (non-hydrogen) atoms. The summed E-state index contributed by atoms with van der Waals surface area (Å²) in [5, 5.41) is 15.1. The van der Waals surface area contributed by atoms with Crippen molar-refractivity contribution < 1.29 is 0 Å². The average Bonchev–Trinajstić information content (AvgIpc) is 2.78. The predicted molar refractivity (Wildman–Crippen MR) is 55.6 cm³/mol. The number of aromatic nitrogens is 4. The van der Waals surface area contributed by atoms with E-state index in [-0.39, 0.29) is 0 Å². The van der Waals surface area contributed by atoms with Crippen LogP contribution in [0, 0.1) is 0 Å². The lowest BCUT2D eigenvalue weighted by Gasteiger charge is -2.22. The summed E-state index contributed by atoms with van der Waals surface area (Å²) in [7, 11) is 0. The van der Waals surface area contributed by atoms with Gasteiger partial charge >= 0.3 is 0 Å². The highest BCUT2D eigenvalue weighted by Crippen LogP contribution is 2.22. The van der Waals surface area contributed by atoms with Gasteiger partial charge < -0.3 is 5.32 Å². The van der Waals surface area contributed by atoms with Crippen molar-refractivity contribution in [2.45, 2.75) is 18.8 Å². The van der Waals surface area contributed by atoms with Gasteiger partial charge in [-0.1, -0.05) is 6.07 Å². The number of pyridine rings is 1. The van der Waals surface area contributed by atoms with Crippen LogP contribution in [0.1, 0.15) is 24.5 Å². The summed E-state index contributed by atoms with van der Waals surface area (Å²) in [6.07, 6.45) is 2.44. The SMILES string of the molecule is c1cc(C2CCCNC2)n2nnnc2c1. The first-order valence-corrected chi connectivity index (χ1v) is 5.33. The van der Waals surface area contributed by atoms with Gasteiger partial charge in [0.25, 0.3) is 0 Å². The Bertz CT molecular complexity index is 458. The lowest BCUT2D eigenvalue weighted by Crippen LogP contribution is -2.29. The van der Waals surface area contributed by atoms with E-state index in [9.17, 15) is 0 Å². The summed E-state index contributed by atoms with van der Waals surface area (Å²) >= 11 is 0. The third kappa shape index (κ3) is 1.48. The molecule has 1 saturated heterocycles. The van der Waals surface area contributed by atoms with Crippen molar-refractivity contribution in [2.75, 3.05) is 13.1 Å². The minimum atomic E-state index is 0.533. The fraction of sp³-hybridized carbons (Fsp3) is 0.500. The standard InChI is InChI=1S/C10H13N5/c1-4-9(8-3-2-6-11-7-8)15-10(5-1)12-13-14-15/h1,4-5,8,11H,2-3,6-7H2. The zero-order valence-corrected chi connectivity index (χ0v) is 8.43. The summed E-state index contributed by atoms with van der Waals surface area (Å²) in [4.78, 5) is 0. The van der Waals surface area contributed by atoms with Crippen LogP contribution in [0.5, 0.6) is 0 Å². The van der Waals surface area contributed by atoms with Crippen LogP contribution in [-0.4, -0.2) is 33.1 Å². The summed E-state index contributed by atoms with van der Waals surface area (Å²) < 4.78 is 1.84. The molecule has 1 aliphatic rings. The minimum absolute atomic E-state index is 0.533. The van der Waals surface area contributed by atoms with Gasteiger partial charge in [0.1, 0.15) is 0 Å². The molecule has 78 valence electrons. The molecule has 0 amide bonds. The molecule has 5 nitrogen and oxygen atoms in total. The molecule has 3 rings (SSSR count). The Kier molecular flexibility index (Phi) is 2.10. The average molecular weight is 203 g/mol. The van der Waals surface area contributed by atoms with Gasteiger partial charge in [0, 0.05) is 12.5 Å². The van der Waals surface area contributed by atoms with E-state index < -0.39 is 0 Å². The number of tetrazole rings is 1. The zero-order chi connectivity index (χ0) is 10.1. The van der Waals surface area contributed by atoms with Crippen molar-refractivity contribution in [3.63, 3.8) is 0 Å². The molecule has 3 heterocycles. The highest BCUT2D eigenvalue weighted by molar-refractivity contribution is 5.37. The van der Waals surface area contributed by atoms with Crippen molar-refractivity contribution in [3.8, 4) is 0 Å². The zero-order valence-electron chi connectivity index (χ0n) is 8.43. The van der Waals surface area contributed by atoms with Gasteiger partial charge in [0.15, 0.2) is 5.65 Å². The van der Waals surface area contributed by atoms with Crippen LogP contribution in [0.25, 0.3) is 5.65 Å². The van der Waals surface area contributed by atoms with Gasteiger partial charge in [-0.05, 0) is 41.9 Å². The van der Waals surface area contributed by atoms with Crippen molar-refractivity contribution >= 4 is 5.65 Å². The maximum atomic E-state index is 4.02. The second-order valence-electron chi connectivity index (χ2n) is 3.94. The van der Waals surface area contributed by atoms with E-state index in [0.717, 1.165) is 18.7 Å². The quantitative estimate of drug-likeness (QED) is 0.737. The summed E-state index contributed by atoms with van der Waals surface area (Å²) in [6.45, 7) is 2.15. The van der Waals surface area contributed by atoms with E-state index in [1.807, 2.05) is 16.6 Å². The first kappa shape index (κ1) is 8.79. The normalized spacial score (nSPS) is 22.0. The Labute approximate surface area is 87.5 Å². The lowest BCUT2D eigenvalue weighted by atomic mass is 9.96. The van der Waals surface area contributed by atoms with Crippen LogP contribution in [0.15, 0.2) is 18.2 Å². The second kappa shape index (κ2) is 3.58. The number of nitrogens with zero attached hydrogens (tertiary/aromatic N) is 4. The van der Waals surface area contributed by atoms with E-state index in [0.29, 0.717) is 5.92 Å². The fourth-order valence-electron chi connectivity index (χ4n) is 2.20. The Hall–Kier alpha value is -1.49. The second-order valence-corrected chi connectivity index (χ2v) is 3.94. The molecule has 1 N–H and O–H groups in total. The molecule has 5 heteroatoms. The first-order chi connectivity index (χ1) is 7.45. The van der Waals surface area contributed by atoms with E-state index in [1.165, 1.54) is 18.5 Å². The Morgan fingerprint density at radius 2 is 2.40 bits per heavy atom. The van der Waals surface area contributed by atoms with Gasteiger partial charge in [-0.3, -0.25) is 0 Å². The molecule has 0 aliphatic carbocycles. The van der Waals surface area contributed by atoms with E-state index >= 15 is 0 Å². The number of nitrogens with one attached hydrogen (secondary N) is 1. The maximum Gasteiger partial charge on any atom is 0.179 e. The first-order valence-electron chi connectivity index (χ1n) is 5.33. The lowest BCUT2D eigenvalue weighted by molar-refractivity contribution is 0.447. The number of hydrogen-bond donors (Lipinski definition) is 1. The van der Waals surface area contributed by atoms with Crippen LogP contribution in [0.2, 0.25) is 0 Å².